The van der Waals surface area contributed by atoms with E-state index in [1.54, 1.807) is 0 Å². The summed E-state index contributed by atoms with van der Waals surface area (Å²) in [6.45, 7) is -1.83. The van der Waals surface area contributed by atoms with E-state index in [1.165, 1.54) is 10.9 Å². The fraction of sp³-hybridized carbons (Fsp3) is 0.500. The summed E-state index contributed by atoms with van der Waals surface area (Å²) in [6.07, 6.45) is -9.85. The van der Waals surface area contributed by atoms with Crippen molar-refractivity contribution in [2.45, 2.75) is 49.1 Å². The van der Waals surface area contributed by atoms with Gasteiger partial charge in [0.15, 0.2) is 35.1 Å². The molecular formula is C20H22N10O13P2-2. The minimum Gasteiger partial charge on any atom is -0.756 e. The second-order valence-corrected chi connectivity index (χ2v) is 12.8. The highest BCUT2D eigenvalue weighted by atomic mass is 31.2. The second kappa shape index (κ2) is 10.8. The summed E-state index contributed by atoms with van der Waals surface area (Å²) < 4.78 is 60.1. The zero-order valence-corrected chi connectivity index (χ0v) is 24.1. The molecule has 242 valence electrons. The number of H-pyrrole nitrogens is 1. The van der Waals surface area contributed by atoms with Crippen molar-refractivity contribution in [2.75, 3.05) is 24.7 Å². The van der Waals surface area contributed by atoms with Crippen molar-refractivity contribution in [2.24, 2.45) is 0 Å². The molecule has 3 fully saturated rings. The van der Waals surface area contributed by atoms with Crippen LogP contribution in [0.25, 0.3) is 22.3 Å². The first-order valence-corrected chi connectivity index (χ1v) is 15.8. The molecule has 6 unspecified atom stereocenters. The SMILES string of the molecule is Nc1nc2c(ncn2[C@@H]2O[C@@H]3COP(=O)([O-])OC4C(O)[C@H](n5cnc6c(N)ncnc65)O[C@@H]4COP(=O)([O-])OC2C3O)c(=O)[nH]1. The van der Waals surface area contributed by atoms with E-state index < -0.39 is 83.5 Å². The van der Waals surface area contributed by atoms with Crippen LogP contribution in [0.5, 0.6) is 0 Å². The molecule has 0 amide bonds. The molecule has 4 aromatic rings. The van der Waals surface area contributed by atoms with Gasteiger partial charge in [-0.25, -0.2) is 19.9 Å². The lowest BCUT2D eigenvalue weighted by molar-refractivity contribution is -0.240. The molecule has 7 N–H and O–H groups in total. The van der Waals surface area contributed by atoms with Crippen molar-refractivity contribution in [1.82, 2.24) is 39.0 Å². The number of aromatic amines is 1. The van der Waals surface area contributed by atoms with E-state index in [0.29, 0.717) is 0 Å². The highest BCUT2D eigenvalue weighted by molar-refractivity contribution is 7.46. The number of hydrogen-bond donors (Lipinski definition) is 5. The largest absolute Gasteiger partial charge is 0.756 e. The normalized spacial score (nSPS) is 37.7. The van der Waals surface area contributed by atoms with Gasteiger partial charge in [-0.3, -0.25) is 28.0 Å². The lowest BCUT2D eigenvalue weighted by Gasteiger charge is -2.32. The van der Waals surface area contributed by atoms with Crippen molar-refractivity contribution >= 4 is 49.7 Å². The summed E-state index contributed by atoms with van der Waals surface area (Å²) in [4.78, 5) is 60.4. The van der Waals surface area contributed by atoms with E-state index in [9.17, 15) is 33.9 Å². The quantitative estimate of drug-likeness (QED) is 0.128. The summed E-state index contributed by atoms with van der Waals surface area (Å²) in [5.41, 5.74) is 10.6. The molecule has 2 bridgehead atoms. The molecule has 0 saturated carbocycles. The van der Waals surface area contributed by atoms with Crippen LogP contribution in [-0.2, 0) is 36.7 Å². The molecule has 0 aromatic carbocycles. The Morgan fingerprint density at radius 2 is 1.47 bits per heavy atom. The highest BCUT2D eigenvalue weighted by Gasteiger charge is 2.51. The summed E-state index contributed by atoms with van der Waals surface area (Å²) >= 11 is 0. The summed E-state index contributed by atoms with van der Waals surface area (Å²) in [7, 11) is -10.7. The third-order valence-electron chi connectivity index (χ3n) is 7.30. The molecule has 0 aliphatic carbocycles. The van der Waals surface area contributed by atoms with Crippen molar-refractivity contribution in [3.05, 3.63) is 29.3 Å². The number of aliphatic hydroxyl groups excluding tert-OH is 2. The third kappa shape index (κ3) is 5.31. The maximum absolute atomic E-state index is 13.1. The van der Waals surface area contributed by atoms with Crippen LogP contribution in [0.1, 0.15) is 12.5 Å². The maximum Gasteiger partial charge on any atom is 0.280 e. The van der Waals surface area contributed by atoms with E-state index in [0.717, 1.165) is 17.2 Å². The van der Waals surface area contributed by atoms with Crippen LogP contribution in [0.3, 0.4) is 0 Å². The number of aliphatic hydroxyl groups is 2. The monoisotopic (exact) mass is 672 g/mol. The Balaban J connectivity index is 1.21. The van der Waals surface area contributed by atoms with Crippen LogP contribution in [0.4, 0.5) is 11.8 Å². The van der Waals surface area contributed by atoms with Gasteiger partial charge < -0.3 is 59.0 Å². The van der Waals surface area contributed by atoms with E-state index in [4.69, 9.17) is 39.0 Å². The molecule has 3 aliphatic heterocycles. The van der Waals surface area contributed by atoms with Crippen molar-refractivity contribution in [1.29, 1.82) is 0 Å². The van der Waals surface area contributed by atoms with Gasteiger partial charge in [0.25, 0.3) is 21.2 Å². The van der Waals surface area contributed by atoms with Gasteiger partial charge >= 0.3 is 0 Å². The summed E-state index contributed by atoms with van der Waals surface area (Å²) in [5.74, 6) is -0.289. The number of nitrogen functional groups attached to an aromatic ring is 2. The van der Waals surface area contributed by atoms with Crippen LogP contribution in [0, 0.1) is 0 Å². The van der Waals surface area contributed by atoms with Gasteiger partial charge in [-0.1, -0.05) is 0 Å². The molecule has 10 atom stereocenters. The second-order valence-electron chi connectivity index (χ2n) is 10.1. The third-order valence-corrected chi connectivity index (χ3v) is 9.24. The first-order valence-electron chi connectivity index (χ1n) is 12.9. The Morgan fingerprint density at radius 3 is 2.20 bits per heavy atom. The zero-order chi connectivity index (χ0) is 31.8. The first kappa shape index (κ1) is 30.2. The average molecular weight is 672 g/mol. The Labute approximate surface area is 248 Å². The van der Waals surface area contributed by atoms with Gasteiger partial charge in [0, 0.05) is 0 Å². The molecule has 23 nitrogen and oxygen atoms in total. The molecule has 7 heterocycles. The smallest absolute Gasteiger partial charge is 0.280 e. The zero-order valence-electron chi connectivity index (χ0n) is 22.3. The van der Waals surface area contributed by atoms with Crippen molar-refractivity contribution in [3.8, 4) is 0 Å². The highest BCUT2D eigenvalue weighted by Crippen LogP contribution is 2.51. The van der Waals surface area contributed by atoms with Gasteiger partial charge in [0.2, 0.25) is 5.95 Å². The van der Waals surface area contributed by atoms with Gasteiger partial charge in [-0.15, -0.1) is 0 Å². The molecule has 3 saturated heterocycles. The van der Waals surface area contributed by atoms with Gasteiger partial charge in [0.1, 0.15) is 48.5 Å². The standard InChI is InChI=1S/C20H24N10O13P2/c21-14-8-15(24-3-23-14)29(4-25-8)18-11(32)12-7(41-18)2-39-45(36,37)43-13-10(31)6(1-38-44(34,35)42-12)40-19(13)30-5-26-9-16(30)27-20(22)28-17(9)33/h3-7,10-13,18-19,31-32H,1-2H2,(H,34,35)(H,36,37)(H2,21,23,24)(H3,22,27,28,33)/p-2/t6-,7-,10?,11?,12?,13?,18-,19-/m1/s1. The Hall–Kier alpha value is -3.44. The summed E-state index contributed by atoms with van der Waals surface area (Å²) in [6, 6.07) is 0. The molecule has 0 spiro atoms. The van der Waals surface area contributed by atoms with E-state index in [-0.39, 0.29) is 34.1 Å². The number of anilines is 2. The topological polar surface area (TPSA) is 335 Å². The van der Waals surface area contributed by atoms with Gasteiger partial charge in [0.05, 0.1) is 25.9 Å². The fourth-order valence-corrected chi connectivity index (χ4v) is 7.15. The molecule has 45 heavy (non-hydrogen) atoms. The number of nitrogens with zero attached hydrogens (tertiary/aromatic N) is 7. The lowest BCUT2D eigenvalue weighted by Crippen LogP contribution is -2.37. The number of fused-ring (bicyclic) bond motifs is 5. The fourth-order valence-electron chi connectivity index (χ4n) is 5.28. The Bertz CT molecular complexity index is 1940. The van der Waals surface area contributed by atoms with Gasteiger partial charge in [-0.2, -0.15) is 4.98 Å². The van der Waals surface area contributed by atoms with Crippen molar-refractivity contribution in [3.63, 3.8) is 0 Å². The molecule has 4 aromatic heterocycles. The van der Waals surface area contributed by atoms with E-state index >= 15 is 0 Å². The number of phosphoric acid groups is 2. The van der Waals surface area contributed by atoms with Crippen LogP contribution in [0.2, 0.25) is 0 Å². The number of aromatic nitrogens is 8. The van der Waals surface area contributed by atoms with Crippen molar-refractivity contribution < 1.29 is 56.7 Å². The maximum atomic E-state index is 13.1. The van der Waals surface area contributed by atoms with Crippen LogP contribution < -0.4 is 26.8 Å². The van der Waals surface area contributed by atoms with E-state index in [2.05, 4.69) is 29.9 Å². The number of rotatable bonds is 2. The molecular weight excluding hydrogens is 650 g/mol. The van der Waals surface area contributed by atoms with Crippen LogP contribution in [-0.4, -0.2) is 99.1 Å². The van der Waals surface area contributed by atoms with E-state index in [1.807, 2.05) is 0 Å². The molecule has 7 rings (SSSR count). The number of ether oxygens (including phenoxy) is 2. The predicted octanol–water partition coefficient (Wildman–Crippen LogP) is -3.61. The predicted molar refractivity (Wildman–Crippen MR) is 139 cm³/mol. The molecule has 3 aliphatic rings. The number of nitrogens with two attached hydrogens (primary N) is 2. The number of nitrogens with one attached hydrogen (secondary N) is 1. The number of hydrogen-bond acceptors (Lipinski definition) is 20. The lowest BCUT2D eigenvalue weighted by atomic mass is 10.1. The van der Waals surface area contributed by atoms with Gasteiger partial charge in [-0.05, 0) is 0 Å². The Kier molecular flexibility index (Phi) is 7.27. The molecule has 25 heteroatoms. The minimum absolute atomic E-state index is 0.0161. The first-order chi connectivity index (χ1) is 21.3. The number of phosphoric ester groups is 2. The average Bonchev–Trinajstić information content (AvgIpc) is 3.72. The Morgan fingerprint density at radius 1 is 0.844 bits per heavy atom. The van der Waals surface area contributed by atoms with Crippen LogP contribution >= 0.6 is 15.6 Å². The molecule has 0 radical (unpaired) electrons. The number of imidazole rings is 2. The summed E-state index contributed by atoms with van der Waals surface area (Å²) in [5, 5.41) is 22.0. The van der Waals surface area contributed by atoms with Crippen LogP contribution in [0.15, 0.2) is 23.8 Å². The minimum atomic E-state index is -5.38.